The first-order valence-corrected chi connectivity index (χ1v) is 10.8. The van der Waals surface area contributed by atoms with Gasteiger partial charge < -0.3 is 10.4 Å². The van der Waals surface area contributed by atoms with Gasteiger partial charge in [0.05, 0.1) is 23.5 Å². The summed E-state index contributed by atoms with van der Waals surface area (Å²) in [5, 5.41) is 18.8. The lowest BCUT2D eigenvalue weighted by atomic mass is 9.82. The summed E-state index contributed by atoms with van der Waals surface area (Å²) in [6.45, 7) is 3.63. The van der Waals surface area contributed by atoms with E-state index in [1.54, 1.807) is 41.9 Å². The number of rotatable bonds is 6. The van der Waals surface area contributed by atoms with Gasteiger partial charge in [0, 0.05) is 17.5 Å². The summed E-state index contributed by atoms with van der Waals surface area (Å²) in [7, 11) is 1.38. The van der Waals surface area contributed by atoms with Crippen LogP contribution in [0, 0.1) is 0 Å². The summed E-state index contributed by atoms with van der Waals surface area (Å²) in [4.78, 5) is 12.2. The minimum atomic E-state index is -2.58. The maximum atomic E-state index is 12.2. The lowest BCUT2D eigenvalue weighted by Gasteiger charge is -2.37. The van der Waals surface area contributed by atoms with Crippen LogP contribution in [0.5, 0.6) is 0 Å². The molecule has 0 aliphatic carbocycles. The Kier molecular flexibility index (Phi) is 6.47. The summed E-state index contributed by atoms with van der Waals surface area (Å²) < 4.78 is 24.0. The van der Waals surface area contributed by atoms with Gasteiger partial charge in [-0.25, -0.2) is 9.00 Å². The molecule has 0 radical (unpaired) electrons. The first-order valence-electron chi connectivity index (χ1n) is 9.32. The molecule has 3 N–H and O–H groups in total. The van der Waals surface area contributed by atoms with E-state index in [1.165, 1.54) is 13.2 Å². The fourth-order valence-corrected chi connectivity index (χ4v) is 4.51. The fraction of sp³-hybridized carbons (Fsp3) is 0.300. The van der Waals surface area contributed by atoms with Gasteiger partial charge in [-0.3, -0.25) is 9.23 Å². The van der Waals surface area contributed by atoms with E-state index in [9.17, 15) is 18.7 Å². The number of aliphatic hydroxyl groups is 1. The number of aliphatic hydroxyl groups excluding tert-OH is 1. The predicted octanol–water partition coefficient (Wildman–Crippen LogP) is 3.51. The Bertz CT molecular complexity index is 1090. The number of carbonyl (C=O) groups excluding carboxylic acids is 1. The molecule has 1 heterocycles. The molecule has 10 heteroatoms. The number of hydrogen-bond acceptors (Lipinski definition) is 4. The van der Waals surface area contributed by atoms with Gasteiger partial charge in [-0.15, -0.1) is 0 Å². The second-order valence-corrected chi connectivity index (χ2v) is 8.07. The molecule has 3 aromatic rings. The van der Waals surface area contributed by atoms with Gasteiger partial charge in [-0.05, 0) is 43.2 Å². The zero-order valence-electron chi connectivity index (χ0n) is 16.7. The number of nitrogens with one attached hydrogen (secondary N) is 1. The molecule has 2 amide bonds. The Morgan fingerprint density at radius 1 is 1.33 bits per heavy atom. The highest BCUT2D eigenvalue weighted by molar-refractivity contribution is 7.81. The summed E-state index contributed by atoms with van der Waals surface area (Å²) in [5.74, 6) is 0. The minimum absolute atomic E-state index is 0.227. The van der Waals surface area contributed by atoms with E-state index in [0.29, 0.717) is 22.3 Å². The van der Waals surface area contributed by atoms with Crippen molar-refractivity contribution in [1.29, 1.82) is 0 Å². The van der Waals surface area contributed by atoms with Crippen LogP contribution in [0.1, 0.15) is 25.8 Å². The van der Waals surface area contributed by atoms with E-state index in [1.807, 2.05) is 19.1 Å². The molecule has 0 saturated carbocycles. The number of urea groups is 1. The van der Waals surface area contributed by atoms with Crippen LogP contribution in [0.25, 0.3) is 10.9 Å². The van der Waals surface area contributed by atoms with Crippen LogP contribution in [0.4, 0.5) is 10.5 Å². The summed E-state index contributed by atoms with van der Waals surface area (Å²) in [6, 6.07) is 11.5. The van der Waals surface area contributed by atoms with E-state index >= 15 is 0 Å². The molecule has 0 aliphatic heterocycles. The maximum absolute atomic E-state index is 12.2. The van der Waals surface area contributed by atoms with Crippen molar-refractivity contribution in [3.8, 4) is 0 Å². The van der Waals surface area contributed by atoms with Crippen molar-refractivity contribution in [2.75, 3.05) is 11.4 Å². The predicted molar refractivity (Wildman–Crippen MR) is 118 cm³/mol. The van der Waals surface area contributed by atoms with Gasteiger partial charge >= 0.3 is 6.03 Å². The van der Waals surface area contributed by atoms with Crippen LogP contribution >= 0.6 is 11.6 Å². The topological polar surface area (TPSA) is 108 Å². The molecule has 8 nitrogen and oxygen atoms in total. The van der Waals surface area contributed by atoms with Gasteiger partial charge in [0.15, 0.2) is 0 Å². The van der Waals surface area contributed by atoms with E-state index in [2.05, 4.69) is 10.4 Å². The highest BCUT2D eigenvalue weighted by atomic mass is 35.5. The molecule has 30 heavy (non-hydrogen) atoms. The van der Waals surface area contributed by atoms with Crippen LogP contribution in [-0.4, -0.2) is 42.8 Å². The van der Waals surface area contributed by atoms with Gasteiger partial charge in [-0.1, -0.05) is 36.7 Å². The number of benzene rings is 2. The number of amides is 2. The molecule has 3 atom stereocenters. The second kappa shape index (κ2) is 8.73. The van der Waals surface area contributed by atoms with Crippen molar-refractivity contribution in [3.05, 3.63) is 59.2 Å². The standard InChI is InChI=1S/C20H23ClN4O4S/c1-4-20(13(2)26,14-8-10-15(21)11-9-14)25-18-7-5-6-17(16(18)12-23-25)24(30(28)29)19(27)22-3/h5-13,26H,4H2,1-3H3,(H,22,27)(H,28,29). The third kappa shape index (κ3) is 3.58. The van der Waals surface area contributed by atoms with E-state index in [4.69, 9.17) is 11.6 Å². The quantitative estimate of drug-likeness (QED) is 0.498. The van der Waals surface area contributed by atoms with Crippen molar-refractivity contribution in [1.82, 2.24) is 15.1 Å². The number of aromatic nitrogens is 2. The number of carbonyl (C=O) groups is 1. The van der Waals surface area contributed by atoms with Crippen molar-refractivity contribution < 1.29 is 18.7 Å². The molecular weight excluding hydrogens is 428 g/mol. The average Bonchev–Trinajstić information content (AvgIpc) is 3.15. The Labute approximate surface area is 181 Å². The Morgan fingerprint density at radius 2 is 2.00 bits per heavy atom. The van der Waals surface area contributed by atoms with Gasteiger partial charge in [0.2, 0.25) is 0 Å². The average molecular weight is 451 g/mol. The zero-order chi connectivity index (χ0) is 22.1. The van der Waals surface area contributed by atoms with E-state index in [-0.39, 0.29) is 5.69 Å². The van der Waals surface area contributed by atoms with Gasteiger partial charge in [-0.2, -0.15) is 9.40 Å². The van der Waals surface area contributed by atoms with Crippen molar-refractivity contribution in [2.45, 2.75) is 31.9 Å². The molecule has 3 rings (SSSR count). The Hall–Kier alpha value is -2.46. The lowest BCUT2D eigenvalue weighted by molar-refractivity contribution is 0.0669. The third-order valence-electron chi connectivity index (χ3n) is 5.32. The van der Waals surface area contributed by atoms with E-state index < -0.39 is 28.9 Å². The number of fused-ring (bicyclic) bond motifs is 1. The molecule has 1 aromatic heterocycles. The normalized spacial score (nSPS) is 15.4. The zero-order valence-corrected chi connectivity index (χ0v) is 18.3. The van der Waals surface area contributed by atoms with Crippen molar-refractivity contribution in [3.63, 3.8) is 0 Å². The maximum Gasteiger partial charge on any atom is 0.335 e. The Morgan fingerprint density at radius 3 is 2.53 bits per heavy atom. The van der Waals surface area contributed by atoms with Crippen LogP contribution < -0.4 is 9.62 Å². The number of hydrogen-bond donors (Lipinski definition) is 3. The number of anilines is 1. The van der Waals surface area contributed by atoms with E-state index in [0.717, 1.165) is 9.87 Å². The first kappa shape index (κ1) is 22.2. The Balaban J connectivity index is 2.29. The molecule has 0 fully saturated rings. The summed E-state index contributed by atoms with van der Waals surface area (Å²) in [6.07, 6.45) is 1.21. The molecule has 0 bridgehead atoms. The second-order valence-electron chi connectivity index (χ2n) is 6.81. The monoisotopic (exact) mass is 450 g/mol. The van der Waals surface area contributed by atoms with Crippen LogP contribution in [-0.2, 0) is 16.8 Å². The number of halogens is 1. The summed E-state index contributed by atoms with van der Waals surface area (Å²) in [5.41, 5.74) is 0.727. The van der Waals surface area contributed by atoms with Gasteiger partial charge in [0.1, 0.15) is 5.54 Å². The van der Waals surface area contributed by atoms with Gasteiger partial charge in [0.25, 0.3) is 11.3 Å². The smallest absolute Gasteiger partial charge is 0.335 e. The molecule has 0 saturated heterocycles. The molecule has 0 aliphatic rings. The van der Waals surface area contributed by atoms with Crippen LogP contribution in [0.2, 0.25) is 5.02 Å². The highest BCUT2D eigenvalue weighted by Crippen LogP contribution is 2.38. The van der Waals surface area contributed by atoms with Crippen molar-refractivity contribution >= 4 is 45.5 Å². The molecule has 0 spiro atoms. The van der Waals surface area contributed by atoms with Crippen LogP contribution in [0.3, 0.4) is 0 Å². The molecule has 160 valence electrons. The SMILES string of the molecule is CCC(c1ccc(Cl)cc1)(C(C)O)n1ncc2c(N(C(=O)NC)S(=O)O)cccc21. The van der Waals surface area contributed by atoms with Crippen molar-refractivity contribution in [2.24, 2.45) is 0 Å². The molecule has 2 aromatic carbocycles. The largest absolute Gasteiger partial charge is 0.391 e. The molecule has 3 unspecified atom stereocenters. The first-order chi connectivity index (χ1) is 14.3. The molecular formula is C20H23ClN4O4S. The summed E-state index contributed by atoms with van der Waals surface area (Å²) >= 11 is 3.47. The number of nitrogens with zero attached hydrogens (tertiary/aromatic N) is 3. The lowest BCUT2D eigenvalue weighted by Crippen LogP contribution is -2.45. The fourth-order valence-electron chi connectivity index (χ4n) is 3.83. The minimum Gasteiger partial charge on any atom is -0.391 e. The third-order valence-corrected chi connectivity index (χ3v) is 6.24. The highest BCUT2D eigenvalue weighted by Gasteiger charge is 2.40. The van der Waals surface area contributed by atoms with Crippen LogP contribution in [0.15, 0.2) is 48.7 Å².